The van der Waals surface area contributed by atoms with Crippen molar-refractivity contribution in [1.82, 2.24) is 15.6 Å². The molecule has 0 amide bonds. The van der Waals surface area contributed by atoms with Crippen LogP contribution in [0.4, 0.5) is 5.82 Å². The van der Waals surface area contributed by atoms with Crippen molar-refractivity contribution in [1.29, 1.82) is 0 Å². The van der Waals surface area contributed by atoms with Gasteiger partial charge in [-0.2, -0.15) is 0 Å². The number of ether oxygens (including phenoxy) is 1. The zero-order chi connectivity index (χ0) is 19.6. The van der Waals surface area contributed by atoms with Crippen LogP contribution in [0.5, 0.6) is 5.75 Å². The summed E-state index contributed by atoms with van der Waals surface area (Å²) in [6.07, 6.45) is 1.82. The lowest BCUT2D eigenvalue weighted by molar-refractivity contribution is 0.222. The van der Waals surface area contributed by atoms with E-state index in [0.29, 0.717) is 13.1 Å². The molecule has 0 radical (unpaired) electrons. The maximum absolute atomic E-state index is 6.03. The summed E-state index contributed by atoms with van der Waals surface area (Å²) in [7, 11) is 3.98. The number of aliphatic imine (C=N–C) groups is 1. The molecule has 2 aromatic rings. The van der Waals surface area contributed by atoms with Gasteiger partial charge in [-0.15, -0.1) is 0 Å². The van der Waals surface area contributed by atoms with Gasteiger partial charge in [0.25, 0.3) is 0 Å². The third kappa shape index (κ3) is 6.47. The van der Waals surface area contributed by atoms with Crippen molar-refractivity contribution in [3.05, 3.63) is 53.7 Å². The number of pyridine rings is 1. The first kappa shape index (κ1) is 20.6. The van der Waals surface area contributed by atoms with Crippen molar-refractivity contribution < 1.29 is 4.74 Å². The quantitative estimate of drug-likeness (QED) is 0.553. The van der Waals surface area contributed by atoms with E-state index < -0.39 is 0 Å². The lowest BCUT2D eigenvalue weighted by atomic mass is 10.2. The van der Waals surface area contributed by atoms with Crippen LogP contribution in [-0.4, -0.2) is 44.2 Å². The van der Waals surface area contributed by atoms with E-state index in [2.05, 4.69) is 41.6 Å². The second kappa shape index (κ2) is 10.4. The summed E-state index contributed by atoms with van der Waals surface area (Å²) in [6.45, 7) is 8.18. The van der Waals surface area contributed by atoms with Crippen LogP contribution in [-0.2, 0) is 6.54 Å². The van der Waals surface area contributed by atoms with Crippen LogP contribution in [0.1, 0.15) is 25.0 Å². The first-order chi connectivity index (χ1) is 13.0. The molecule has 146 valence electrons. The Balaban J connectivity index is 1.96. The predicted octanol–water partition coefficient (Wildman–Crippen LogP) is 2.98. The fourth-order valence-corrected chi connectivity index (χ4v) is 2.65. The van der Waals surface area contributed by atoms with Crippen molar-refractivity contribution in [3.63, 3.8) is 0 Å². The van der Waals surface area contributed by atoms with Gasteiger partial charge in [0.05, 0.1) is 13.1 Å². The number of benzene rings is 1. The van der Waals surface area contributed by atoms with E-state index in [1.54, 1.807) is 6.20 Å². The molecule has 0 saturated heterocycles. The van der Waals surface area contributed by atoms with Gasteiger partial charge >= 0.3 is 0 Å². The maximum Gasteiger partial charge on any atom is 0.191 e. The molecule has 1 atom stereocenters. The SMILES string of the molecule is CCNC(=NCc1cccnc1N(C)C)NCC(C)Oc1ccccc1C. The molecule has 0 aliphatic heterocycles. The predicted molar refractivity (Wildman–Crippen MR) is 113 cm³/mol. The number of guanidine groups is 1. The van der Waals surface area contributed by atoms with Gasteiger partial charge in [-0.25, -0.2) is 9.98 Å². The highest BCUT2D eigenvalue weighted by Crippen LogP contribution is 2.17. The van der Waals surface area contributed by atoms with E-state index in [9.17, 15) is 0 Å². The molecule has 0 spiro atoms. The highest BCUT2D eigenvalue weighted by Gasteiger charge is 2.08. The van der Waals surface area contributed by atoms with E-state index in [-0.39, 0.29) is 6.10 Å². The Morgan fingerprint density at radius 2 is 1.96 bits per heavy atom. The highest BCUT2D eigenvalue weighted by molar-refractivity contribution is 5.79. The number of aryl methyl sites for hydroxylation is 1. The number of nitrogens with one attached hydrogen (secondary N) is 2. The first-order valence-corrected chi connectivity index (χ1v) is 9.37. The van der Waals surface area contributed by atoms with Crippen LogP contribution in [0.2, 0.25) is 0 Å². The average molecular weight is 370 g/mol. The highest BCUT2D eigenvalue weighted by atomic mass is 16.5. The molecule has 1 aromatic heterocycles. The van der Waals surface area contributed by atoms with Gasteiger partial charge in [0.15, 0.2) is 5.96 Å². The number of para-hydroxylation sites is 1. The van der Waals surface area contributed by atoms with Crippen molar-refractivity contribution in [3.8, 4) is 5.75 Å². The summed E-state index contributed by atoms with van der Waals surface area (Å²) >= 11 is 0. The molecule has 0 aliphatic carbocycles. The summed E-state index contributed by atoms with van der Waals surface area (Å²) in [4.78, 5) is 11.1. The standard InChI is InChI=1S/C21H31N5O/c1-6-22-21(25-15-18-11-9-13-23-20(18)26(4)5)24-14-17(3)27-19-12-8-7-10-16(19)2/h7-13,17H,6,14-15H2,1-5H3,(H2,22,24,25). The molecule has 2 N–H and O–H groups in total. The minimum atomic E-state index is 0.0192. The topological polar surface area (TPSA) is 61.8 Å². The minimum absolute atomic E-state index is 0.0192. The van der Waals surface area contributed by atoms with E-state index >= 15 is 0 Å². The summed E-state index contributed by atoms with van der Waals surface area (Å²) in [5.74, 6) is 2.62. The van der Waals surface area contributed by atoms with Crippen LogP contribution in [0.15, 0.2) is 47.6 Å². The van der Waals surface area contributed by atoms with E-state index in [1.807, 2.05) is 50.2 Å². The van der Waals surface area contributed by atoms with Crippen LogP contribution < -0.4 is 20.3 Å². The Kier molecular flexibility index (Phi) is 7.92. The summed E-state index contributed by atoms with van der Waals surface area (Å²) in [6, 6.07) is 12.1. The molecule has 0 saturated carbocycles. The molecular formula is C21H31N5O. The third-order valence-corrected chi connectivity index (χ3v) is 4.02. The number of hydrogen-bond donors (Lipinski definition) is 2. The van der Waals surface area contributed by atoms with E-state index in [0.717, 1.165) is 35.2 Å². The maximum atomic E-state index is 6.03. The van der Waals surface area contributed by atoms with Gasteiger partial charge in [0, 0.05) is 32.4 Å². The second-order valence-electron chi connectivity index (χ2n) is 6.65. The molecule has 27 heavy (non-hydrogen) atoms. The van der Waals surface area contributed by atoms with Crippen molar-refractivity contribution >= 4 is 11.8 Å². The smallest absolute Gasteiger partial charge is 0.191 e. The molecule has 1 unspecified atom stereocenters. The number of aromatic nitrogens is 1. The van der Waals surface area contributed by atoms with E-state index in [4.69, 9.17) is 9.73 Å². The molecule has 0 aliphatic rings. The van der Waals surface area contributed by atoms with Gasteiger partial charge in [-0.1, -0.05) is 24.3 Å². The molecular weight excluding hydrogens is 338 g/mol. The summed E-state index contributed by atoms with van der Waals surface area (Å²) in [5.41, 5.74) is 2.22. The van der Waals surface area contributed by atoms with Crippen molar-refractivity contribution in [2.45, 2.75) is 33.4 Å². The van der Waals surface area contributed by atoms with Crippen LogP contribution in [0, 0.1) is 6.92 Å². The average Bonchev–Trinajstić information content (AvgIpc) is 2.66. The lowest BCUT2D eigenvalue weighted by Crippen LogP contribution is -2.41. The Labute approximate surface area is 162 Å². The molecule has 6 heteroatoms. The monoisotopic (exact) mass is 369 g/mol. The Bertz CT molecular complexity index is 745. The van der Waals surface area contributed by atoms with Gasteiger partial charge in [-0.05, 0) is 38.5 Å². The van der Waals surface area contributed by atoms with Gasteiger partial charge in [0.2, 0.25) is 0 Å². The number of nitrogens with zero attached hydrogens (tertiary/aromatic N) is 3. The van der Waals surface area contributed by atoms with Gasteiger partial charge in [-0.3, -0.25) is 0 Å². The second-order valence-corrected chi connectivity index (χ2v) is 6.65. The Morgan fingerprint density at radius 3 is 2.67 bits per heavy atom. The lowest BCUT2D eigenvalue weighted by Gasteiger charge is -2.19. The van der Waals surface area contributed by atoms with Crippen LogP contribution in [0.3, 0.4) is 0 Å². The molecule has 2 rings (SSSR count). The van der Waals surface area contributed by atoms with Crippen molar-refractivity contribution in [2.24, 2.45) is 4.99 Å². The first-order valence-electron chi connectivity index (χ1n) is 9.37. The normalized spacial score (nSPS) is 12.4. The van der Waals surface area contributed by atoms with Gasteiger partial charge in [0.1, 0.15) is 17.7 Å². The molecule has 0 fully saturated rings. The molecule has 6 nitrogen and oxygen atoms in total. The fourth-order valence-electron chi connectivity index (χ4n) is 2.65. The number of anilines is 1. The molecule has 1 aromatic carbocycles. The van der Waals surface area contributed by atoms with Crippen LogP contribution in [0.25, 0.3) is 0 Å². The number of hydrogen-bond acceptors (Lipinski definition) is 4. The minimum Gasteiger partial charge on any atom is -0.489 e. The zero-order valence-electron chi connectivity index (χ0n) is 17.0. The van der Waals surface area contributed by atoms with Crippen LogP contribution >= 0.6 is 0 Å². The van der Waals surface area contributed by atoms with E-state index in [1.165, 1.54) is 0 Å². The molecule has 0 bridgehead atoms. The fraction of sp³-hybridized carbons (Fsp3) is 0.429. The zero-order valence-corrected chi connectivity index (χ0v) is 17.0. The molecule has 1 heterocycles. The third-order valence-electron chi connectivity index (χ3n) is 4.02. The summed E-state index contributed by atoms with van der Waals surface area (Å²) in [5, 5.41) is 6.64. The Morgan fingerprint density at radius 1 is 1.19 bits per heavy atom. The largest absolute Gasteiger partial charge is 0.489 e. The number of rotatable bonds is 8. The Hall–Kier alpha value is -2.76. The van der Waals surface area contributed by atoms with Crippen molar-refractivity contribution in [2.75, 3.05) is 32.1 Å². The summed E-state index contributed by atoms with van der Waals surface area (Å²) < 4.78 is 6.03. The van der Waals surface area contributed by atoms with Gasteiger partial charge < -0.3 is 20.3 Å².